The van der Waals surface area contributed by atoms with Gasteiger partial charge in [0, 0.05) is 44.3 Å². The van der Waals surface area contributed by atoms with Gasteiger partial charge in [-0.25, -0.2) is 18.5 Å². The van der Waals surface area contributed by atoms with E-state index in [1.54, 1.807) is 25.3 Å². The Morgan fingerprint density at radius 2 is 1.73 bits per heavy atom. The summed E-state index contributed by atoms with van der Waals surface area (Å²) in [5, 5.41) is 8.47. The van der Waals surface area contributed by atoms with E-state index in [-0.39, 0.29) is 17.4 Å². The zero-order chi connectivity index (χ0) is 28.2. The van der Waals surface area contributed by atoms with Crippen molar-refractivity contribution >= 4 is 10.0 Å². The molecule has 0 spiro atoms. The van der Waals surface area contributed by atoms with Gasteiger partial charge in [-0.2, -0.15) is 0 Å². The summed E-state index contributed by atoms with van der Waals surface area (Å²) in [5.41, 5.74) is 2.31. The molecule has 1 aliphatic rings. The molecule has 1 atom stereocenters. The van der Waals surface area contributed by atoms with E-state index in [2.05, 4.69) is 10.2 Å². The molecule has 2 N–H and O–H groups in total. The lowest BCUT2D eigenvalue weighted by Gasteiger charge is -2.36. The molecular formula is C29H29N3O7S. The number of nitrogens with two attached hydrogens (primary N) is 1. The molecule has 1 aliphatic heterocycles. The fourth-order valence-electron chi connectivity index (χ4n) is 4.77. The van der Waals surface area contributed by atoms with E-state index in [1.165, 1.54) is 12.1 Å². The van der Waals surface area contributed by atoms with Crippen molar-refractivity contribution in [1.82, 2.24) is 4.98 Å². The lowest BCUT2D eigenvalue weighted by Crippen LogP contribution is -2.35. The molecule has 1 aromatic heterocycles. The number of hydrogen-bond acceptors (Lipinski definition) is 9. The van der Waals surface area contributed by atoms with Gasteiger partial charge in [0.25, 0.3) is 0 Å². The first kappa shape index (κ1) is 27.7. The molecule has 0 aliphatic carbocycles. The van der Waals surface area contributed by atoms with E-state index in [0.29, 0.717) is 36.0 Å². The van der Waals surface area contributed by atoms with Crippen LogP contribution < -0.4 is 9.88 Å². The second-order valence-corrected chi connectivity index (χ2v) is 11.0. The quantitative estimate of drug-likeness (QED) is 0.260. The van der Waals surface area contributed by atoms with Crippen molar-refractivity contribution in [2.45, 2.75) is 29.4 Å². The SMILES string of the molecule is COC1(c2cccc(OCC(N=O)c3nc(-c4ccccc4)c(-c4ccc(S(N)(=O)=O)cc4)o3)c2)CCOCC1. The van der Waals surface area contributed by atoms with Crippen LogP contribution in [-0.2, 0) is 25.1 Å². The number of nitrogens with zero attached hydrogens (tertiary/aromatic N) is 2. The van der Waals surface area contributed by atoms with Gasteiger partial charge in [0.1, 0.15) is 18.1 Å². The molecule has 208 valence electrons. The number of rotatable bonds is 10. The Kier molecular flexibility index (Phi) is 8.08. The Morgan fingerprint density at radius 1 is 1.00 bits per heavy atom. The van der Waals surface area contributed by atoms with Crippen LogP contribution in [0, 0.1) is 4.91 Å². The molecule has 4 aromatic rings. The fourth-order valence-corrected chi connectivity index (χ4v) is 5.28. The highest BCUT2D eigenvalue weighted by Gasteiger charge is 2.34. The standard InChI is InChI=1S/C29H29N3O7S/c1-36-29(14-16-37-17-15-29)22-8-5-9-23(18-22)38-19-25(32-33)28-31-26(20-6-3-2-4-7-20)27(39-28)21-10-12-24(13-11-21)40(30,34)35/h2-13,18,25H,14-17,19H2,1H3,(H2,30,34,35). The molecule has 0 saturated carbocycles. The molecule has 0 amide bonds. The summed E-state index contributed by atoms with van der Waals surface area (Å²) in [5.74, 6) is 0.996. The molecule has 40 heavy (non-hydrogen) atoms. The second kappa shape index (κ2) is 11.7. The Balaban J connectivity index is 1.42. The third kappa shape index (κ3) is 5.82. The van der Waals surface area contributed by atoms with Gasteiger partial charge in [0.15, 0.2) is 5.76 Å². The van der Waals surface area contributed by atoms with Gasteiger partial charge in [-0.1, -0.05) is 47.6 Å². The maximum Gasteiger partial charge on any atom is 0.238 e. The molecule has 10 nitrogen and oxygen atoms in total. The number of benzene rings is 3. The molecular weight excluding hydrogens is 534 g/mol. The van der Waals surface area contributed by atoms with Crippen LogP contribution in [0.1, 0.15) is 30.3 Å². The third-order valence-electron chi connectivity index (χ3n) is 7.01. The fraction of sp³-hybridized carbons (Fsp3) is 0.276. The van der Waals surface area contributed by atoms with Crippen LogP contribution in [0.15, 0.2) is 93.4 Å². The molecule has 1 unspecified atom stereocenters. The van der Waals surface area contributed by atoms with Gasteiger partial charge in [0.05, 0.1) is 10.5 Å². The number of hydrogen-bond donors (Lipinski definition) is 1. The highest BCUT2D eigenvalue weighted by molar-refractivity contribution is 7.89. The van der Waals surface area contributed by atoms with Crippen molar-refractivity contribution in [3.63, 3.8) is 0 Å². The molecule has 2 heterocycles. The monoisotopic (exact) mass is 563 g/mol. The second-order valence-electron chi connectivity index (χ2n) is 9.44. The zero-order valence-corrected chi connectivity index (χ0v) is 22.7. The highest BCUT2D eigenvalue weighted by Crippen LogP contribution is 2.38. The van der Waals surface area contributed by atoms with Gasteiger partial charge in [0.2, 0.25) is 22.0 Å². The van der Waals surface area contributed by atoms with E-state index < -0.39 is 21.7 Å². The van der Waals surface area contributed by atoms with Gasteiger partial charge in [-0.3, -0.25) is 0 Å². The smallest absolute Gasteiger partial charge is 0.238 e. The van der Waals surface area contributed by atoms with E-state index in [1.807, 2.05) is 48.5 Å². The maximum absolute atomic E-state index is 11.9. The summed E-state index contributed by atoms with van der Waals surface area (Å²) in [6, 6.07) is 21.8. The highest BCUT2D eigenvalue weighted by atomic mass is 32.2. The van der Waals surface area contributed by atoms with Crippen LogP contribution in [0.5, 0.6) is 5.75 Å². The van der Waals surface area contributed by atoms with Crippen LogP contribution in [0.25, 0.3) is 22.6 Å². The molecule has 1 fully saturated rings. The maximum atomic E-state index is 11.9. The number of aromatic nitrogens is 1. The average molecular weight is 564 g/mol. The zero-order valence-electron chi connectivity index (χ0n) is 21.9. The third-order valence-corrected chi connectivity index (χ3v) is 7.94. The Hall–Kier alpha value is -3.90. The van der Waals surface area contributed by atoms with Crippen molar-refractivity contribution in [3.8, 4) is 28.3 Å². The average Bonchev–Trinajstić information content (AvgIpc) is 3.43. The van der Waals surface area contributed by atoms with E-state index in [4.69, 9.17) is 23.8 Å². The van der Waals surface area contributed by atoms with E-state index in [0.717, 1.165) is 24.0 Å². The van der Waals surface area contributed by atoms with Crippen molar-refractivity contribution in [2.24, 2.45) is 10.3 Å². The lowest BCUT2D eigenvalue weighted by molar-refractivity contribution is -0.0948. The van der Waals surface area contributed by atoms with Crippen LogP contribution in [-0.4, -0.2) is 40.3 Å². The van der Waals surface area contributed by atoms with E-state index in [9.17, 15) is 13.3 Å². The molecule has 0 radical (unpaired) electrons. The van der Waals surface area contributed by atoms with Crippen molar-refractivity contribution in [3.05, 3.63) is 95.2 Å². The first-order valence-corrected chi connectivity index (χ1v) is 14.3. The number of sulfonamides is 1. The van der Waals surface area contributed by atoms with Crippen molar-refractivity contribution < 1.29 is 27.0 Å². The van der Waals surface area contributed by atoms with Gasteiger partial charge < -0.3 is 18.6 Å². The van der Waals surface area contributed by atoms with Gasteiger partial charge in [-0.05, 0) is 42.0 Å². The van der Waals surface area contributed by atoms with Gasteiger partial charge in [-0.15, -0.1) is 4.91 Å². The molecule has 1 saturated heterocycles. The van der Waals surface area contributed by atoms with Crippen LogP contribution in [0.3, 0.4) is 0 Å². The summed E-state index contributed by atoms with van der Waals surface area (Å²) in [4.78, 5) is 16.5. The minimum Gasteiger partial charge on any atom is -0.491 e. The summed E-state index contributed by atoms with van der Waals surface area (Å²) in [7, 11) is -2.17. The topological polar surface area (TPSA) is 143 Å². The van der Waals surface area contributed by atoms with Crippen molar-refractivity contribution in [1.29, 1.82) is 0 Å². The van der Waals surface area contributed by atoms with Crippen LogP contribution >= 0.6 is 0 Å². The van der Waals surface area contributed by atoms with Crippen molar-refractivity contribution in [2.75, 3.05) is 26.9 Å². The van der Waals surface area contributed by atoms with Gasteiger partial charge >= 0.3 is 0 Å². The predicted octanol–water partition coefficient (Wildman–Crippen LogP) is 5.19. The first-order valence-electron chi connectivity index (χ1n) is 12.7. The predicted molar refractivity (Wildman–Crippen MR) is 148 cm³/mol. The molecule has 5 rings (SSSR count). The Morgan fingerprint density at radius 3 is 2.38 bits per heavy atom. The van der Waals surface area contributed by atoms with Crippen LogP contribution in [0.4, 0.5) is 0 Å². The Bertz CT molecular complexity index is 1560. The summed E-state index contributed by atoms with van der Waals surface area (Å²) < 4.78 is 46.9. The minimum atomic E-state index is -3.86. The number of oxazole rings is 1. The normalized spacial score (nSPS) is 15.8. The number of primary sulfonamides is 1. The van der Waals surface area contributed by atoms with E-state index >= 15 is 0 Å². The molecule has 0 bridgehead atoms. The Labute approximate surface area is 232 Å². The number of ether oxygens (including phenoxy) is 3. The van der Waals surface area contributed by atoms with Crippen LogP contribution in [0.2, 0.25) is 0 Å². The summed E-state index contributed by atoms with van der Waals surface area (Å²) in [6.07, 6.45) is 1.45. The minimum absolute atomic E-state index is 0.0312. The number of methoxy groups -OCH3 is 1. The lowest BCUT2D eigenvalue weighted by atomic mass is 9.86. The summed E-state index contributed by atoms with van der Waals surface area (Å²) >= 11 is 0. The first-order chi connectivity index (χ1) is 19.3. The molecule has 11 heteroatoms. The largest absolute Gasteiger partial charge is 0.491 e. The summed E-state index contributed by atoms with van der Waals surface area (Å²) in [6.45, 7) is 1.11. The number of nitroso groups, excluding NO2 is 1. The molecule has 3 aromatic carbocycles.